The van der Waals surface area contributed by atoms with Crippen LogP contribution in [0.25, 0.3) is 0 Å². The van der Waals surface area contributed by atoms with Gasteiger partial charge >= 0.3 is 6.09 Å². The minimum absolute atomic E-state index is 0.610. The molecule has 0 aromatic carbocycles. The van der Waals surface area contributed by atoms with Crippen molar-refractivity contribution in [3.8, 4) is 0 Å². The maximum Gasteiger partial charge on any atom is 0.430 e. The minimum Gasteiger partial charge on any atom is -0.361 e. The van der Waals surface area contributed by atoms with E-state index in [1.165, 1.54) is 11.8 Å². The third-order valence-electron chi connectivity index (χ3n) is 0.836. The summed E-state index contributed by atoms with van der Waals surface area (Å²) in [4.78, 5) is 14.2. The van der Waals surface area contributed by atoms with Crippen molar-refractivity contribution in [1.29, 1.82) is 0 Å². The van der Waals surface area contributed by atoms with Crippen molar-refractivity contribution in [2.75, 3.05) is 12.3 Å². The number of nitrogens with zero attached hydrogens (tertiary/aromatic N) is 1. The van der Waals surface area contributed by atoms with Gasteiger partial charge in [0.25, 0.3) is 0 Å². The van der Waals surface area contributed by atoms with Gasteiger partial charge in [0, 0.05) is 12.3 Å². The molecule has 6 heteroatoms. The SMILES string of the molecule is NC(=O)O/N=C1/NCCS1. The first-order valence-corrected chi connectivity index (χ1v) is 3.69. The van der Waals surface area contributed by atoms with Crippen molar-refractivity contribution in [2.45, 2.75) is 0 Å². The van der Waals surface area contributed by atoms with E-state index in [0.29, 0.717) is 5.17 Å². The number of nitrogens with two attached hydrogens (primary N) is 1. The Labute approximate surface area is 62.0 Å². The number of rotatable bonds is 1. The summed E-state index contributed by atoms with van der Waals surface area (Å²) in [6.07, 6.45) is -0.887. The van der Waals surface area contributed by atoms with E-state index in [1.54, 1.807) is 0 Å². The third kappa shape index (κ3) is 2.14. The molecule has 0 spiro atoms. The summed E-state index contributed by atoms with van der Waals surface area (Å²) in [6, 6.07) is 0. The van der Waals surface area contributed by atoms with E-state index < -0.39 is 6.09 Å². The van der Waals surface area contributed by atoms with Crippen LogP contribution in [0, 0.1) is 0 Å². The number of carbonyl (C=O) groups is 1. The molecule has 0 atom stereocenters. The van der Waals surface area contributed by atoms with Crippen LogP contribution in [0.2, 0.25) is 0 Å². The molecule has 5 nitrogen and oxygen atoms in total. The van der Waals surface area contributed by atoms with Gasteiger partial charge in [-0.2, -0.15) is 0 Å². The van der Waals surface area contributed by atoms with E-state index in [1.807, 2.05) is 0 Å². The Morgan fingerprint density at radius 3 is 3.20 bits per heavy atom. The van der Waals surface area contributed by atoms with Crippen molar-refractivity contribution in [1.82, 2.24) is 5.32 Å². The van der Waals surface area contributed by atoms with Gasteiger partial charge in [-0.3, -0.25) is 4.84 Å². The first-order chi connectivity index (χ1) is 4.79. The third-order valence-corrected chi connectivity index (χ3v) is 1.74. The minimum atomic E-state index is -0.887. The highest BCUT2D eigenvalue weighted by Gasteiger charge is 2.07. The predicted octanol–water partition coefficient (Wildman–Crippen LogP) is -0.311. The summed E-state index contributed by atoms with van der Waals surface area (Å²) in [7, 11) is 0. The van der Waals surface area contributed by atoms with Gasteiger partial charge in [-0.15, -0.1) is 0 Å². The van der Waals surface area contributed by atoms with Crippen molar-refractivity contribution < 1.29 is 9.63 Å². The molecule has 0 unspecified atom stereocenters. The highest BCUT2D eigenvalue weighted by molar-refractivity contribution is 8.14. The molecule has 1 rings (SSSR count). The van der Waals surface area contributed by atoms with E-state index in [2.05, 4.69) is 21.0 Å². The van der Waals surface area contributed by atoms with E-state index in [4.69, 9.17) is 0 Å². The van der Waals surface area contributed by atoms with E-state index in [-0.39, 0.29) is 0 Å². The number of oxime groups is 1. The molecule has 0 radical (unpaired) electrons. The number of carbonyl (C=O) groups excluding carboxylic acids is 1. The average Bonchev–Trinajstić information content (AvgIpc) is 2.34. The van der Waals surface area contributed by atoms with Crippen LogP contribution in [0.3, 0.4) is 0 Å². The number of nitrogens with one attached hydrogen (secondary N) is 1. The zero-order valence-corrected chi connectivity index (χ0v) is 5.98. The fraction of sp³-hybridized carbons (Fsp3) is 0.500. The molecule has 1 heterocycles. The van der Waals surface area contributed by atoms with Gasteiger partial charge < -0.3 is 11.1 Å². The Balaban J connectivity index is 2.31. The Kier molecular flexibility index (Phi) is 2.38. The number of amides is 1. The lowest BCUT2D eigenvalue weighted by molar-refractivity contribution is 0.161. The molecule has 56 valence electrons. The molecule has 0 aliphatic carbocycles. The Bertz CT molecular complexity index is 162. The molecule has 0 aromatic rings. The Morgan fingerprint density at radius 2 is 2.70 bits per heavy atom. The van der Waals surface area contributed by atoms with Crippen molar-refractivity contribution in [3.63, 3.8) is 0 Å². The van der Waals surface area contributed by atoms with Crippen LogP contribution in [0.5, 0.6) is 0 Å². The maximum atomic E-state index is 10.0. The molecule has 0 aromatic heterocycles. The van der Waals surface area contributed by atoms with Gasteiger partial charge in [0.2, 0.25) is 5.17 Å². The van der Waals surface area contributed by atoms with Crippen LogP contribution in [-0.4, -0.2) is 23.6 Å². The molecule has 1 aliphatic heterocycles. The molecule has 3 N–H and O–H groups in total. The van der Waals surface area contributed by atoms with Gasteiger partial charge in [-0.05, 0) is 5.16 Å². The van der Waals surface area contributed by atoms with E-state index >= 15 is 0 Å². The molecule has 1 saturated heterocycles. The van der Waals surface area contributed by atoms with Crippen LogP contribution < -0.4 is 11.1 Å². The van der Waals surface area contributed by atoms with Crippen molar-refractivity contribution in [3.05, 3.63) is 0 Å². The summed E-state index contributed by atoms with van der Waals surface area (Å²) in [5, 5.41) is 6.92. The van der Waals surface area contributed by atoms with E-state index in [0.717, 1.165) is 12.3 Å². The first kappa shape index (κ1) is 7.20. The molecule has 1 fully saturated rings. The molecule has 0 bridgehead atoms. The lowest BCUT2D eigenvalue weighted by atomic mass is 10.8. The number of hydrogen-bond donors (Lipinski definition) is 2. The lowest BCUT2D eigenvalue weighted by Crippen LogP contribution is -2.16. The van der Waals surface area contributed by atoms with Crippen LogP contribution in [0.15, 0.2) is 5.16 Å². The first-order valence-electron chi connectivity index (χ1n) is 2.70. The Hall–Kier alpha value is -0.910. The van der Waals surface area contributed by atoms with Crippen LogP contribution in [0.4, 0.5) is 4.79 Å². The second-order valence-corrected chi connectivity index (χ2v) is 2.67. The fourth-order valence-electron chi connectivity index (χ4n) is 0.502. The Morgan fingerprint density at radius 1 is 1.90 bits per heavy atom. The number of thioether (sulfide) groups is 1. The molecular weight excluding hydrogens is 154 g/mol. The largest absolute Gasteiger partial charge is 0.430 e. The summed E-state index contributed by atoms with van der Waals surface area (Å²) < 4.78 is 0. The summed E-state index contributed by atoms with van der Waals surface area (Å²) >= 11 is 1.49. The van der Waals surface area contributed by atoms with Crippen LogP contribution in [-0.2, 0) is 4.84 Å². The van der Waals surface area contributed by atoms with Gasteiger partial charge in [0.15, 0.2) is 0 Å². The lowest BCUT2D eigenvalue weighted by Gasteiger charge is -1.92. The number of amidine groups is 1. The zero-order valence-electron chi connectivity index (χ0n) is 5.16. The monoisotopic (exact) mass is 161 g/mol. The van der Waals surface area contributed by atoms with Crippen molar-refractivity contribution >= 4 is 23.0 Å². The second-order valence-electron chi connectivity index (χ2n) is 1.58. The molecule has 1 amide bonds. The topological polar surface area (TPSA) is 76.7 Å². The standard InChI is InChI=1S/C4H7N3O2S/c5-3(8)9-7-4-6-1-2-10-4/h1-2H2,(H2,5,8)(H,6,7). The van der Waals surface area contributed by atoms with E-state index in [9.17, 15) is 4.79 Å². The van der Waals surface area contributed by atoms with Gasteiger partial charge in [-0.1, -0.05) is 11.8 Å². The van der Waals surface area contributed by atoms with Gasteiger partial charge in [0.05, 0.1) is 0 Å². The highest BCUT2D eigenvalue weighted by Crippen LogP contribution is 2.06. The van der Waals surface area contributed by atoms with Gasteiger partial charge in [0.1, 0.15) is 0 Å². The quantitative estimate of drug-likeness (QED) is 0.408. The smallest absolute Gasteiger partial charge is 0.361 e. The van der Waals surface area contributed by atoms with Crippen molar-refractivity contribution in [2.24, 2.45) is 10.9 Å². The fourth-order valence-corrected chi connectivity index (χ4v) is 1.19. The summed E-state index contributed by atoms with van der Waals surface area (Å²) in [6.45, 7) is 0.853. The molecule has 0 saturated carbocycles. The van der Waals surface area contributed by atoms with Gasteiger partial charge in [-0.25, -0.2) is 4.79 Å². The van der Waals surface area contributed by atoms with Crippen LogP contribution >= 0.6 is 11.8 Å². The summed E-state index contributed by atoms with van der Waals surface area (Å²) in [5.41, 5.74) is 4.67. The molecule has 1 aliphatic rings. The average molecular weight is 161 g/mol. The molecular formula is C4H7N3O2S. The maximum absolute atomic E-state index is 10.0. The highest BCUT2D eigenvalue weighted by atomic mass is 32.2. The predicted molar refractivity (Wildman–Crippen MR) is 38.6 cm³/mol. The zero-order chi connectivity index (χ0) is 7.40. The second kappa shape index (κ2) is 3.31. The van der Waals surface area contributed by atoms with Crippen LogP contribution in [0.1, 0.15) is 0 Å². The normalized spacial score (nSPS) is 20.6. The molecule has 10 heavy (non-hydrogen) atoms. The number of hydrogen-bond acceptors (Lipinski definition) is 4. The number of primary amides is 1. The summed E-state index contributed by atoms with van der Waals surface area (Å²) in [5.74, 6) is 0.945.